The van der Waals surface area contributed by atoms with E-state index < -0.39 is 6.10 Å². The van der Waals surface area contributed by atoms with Crippen LogP contribution in [0, 0.1) is 0 Å². The summed E-state index contributed by atoms with van der Waals surface area (Å²) in [5.74, 6) is -0.930. The maximum atomic E-state index is 12.7. The first-order valence-electron chi connectivity index (χ1n) is 23.0. The van der Waals surface area contributed by atoms with Crippen LogP contribution in [0.3, 0.4) is 0 Å². The standard InChI is InChI=1S/C50H84O6/c1-4-7-10-13-16-19-21-23-25-27-28-31-34-37-40-43-49(52)55-46-47(45-54-48(51)42-39-36-33-30-18-15-12-9-6-3)56-50(53)44-41-38-35-32-29-26-24-22-20-17-14-11-8-5-2/h7-8,10-11,13,16-17,19-21,24,26,47H,4-6,9,12,14-15,18,22-23,25,27-46H2,1-3H3/b10-7-,11-8-,16-13-,20-17-,21-19-,26-24-. The maximum absolute atomic E-state index is 12.7. The molecule has 0 N–H and O–H groups in total. The molecule has 0 aliphatic carbocycles. The molecule has 0 aromatic heterocycles. The van der Waals surface area contributed by atoms with Gasteiger partial charge in [0.2, 0.25) is 0 Å². The van der Waals surface area contributed by atoms with E-state index in [9.17, 15) is 14.4 Å². The van der Waals surface area contributed by atoms with E-state index in [4.69, 9.17) is 14.2 Å². The van der Waals surface area contributed by atoms with Crippen molar-refractivity contribution in [1.82, 2.24) is 0 Å². The Labute approximate surface area is 344 Å². The molecule has 0 spiro atoms. The summed E-state index contributed by atoms with van der Waals surface area (Å²) in [6, 6.07) is 0. The van der Waals surface area contributed by atoms with Crippen LogP contribution in [0.15, 0.2) is 72.9 Å². The highest BCUT2D eigenvalue weighted by Crippen LogP contribution is 2.14. The molecule has 0 aliphatic heterocycles. The summed E-state index contributed by atoms with van der Waals surface area (Å²) < 4.78 is 16.7. The van der Waals surface area contributed by atoms with Gasteiger partial charge in [-0.2, -0.15) is 0 Å². The van der Waals surface area contributed by atoms with E-state index in [-0.39, 0.29) is 31.1 Å². The topological polar surface area (TPSA) is 78.9 Å². The Morgan fingerprint density at radius 2 is 0.786 bits per heavy atom. The number of rotatable bonds is 40. The fraction of sp³-hybridized carbons (Fsp3) is 0.700. The lowest BCUT2D eigenvalue weighted by Gasteiger charge is -2.18. The Kier molecular flexibility index (Phi) is 42.1. The Morgan fingerprint density at radius 1 is 0.393 bits per heavy atom. The molecule has 1 atom stereocenters. The molecule has 0 aliphatic rings. The molecule has 0 aromatic rings. The quantitative estimate of drug-likeness (QED) is 0.0203. The van der Waals surface area contributed by atoms with Gasteiger partial charge in [0.25, 0.3) is 0 Å². The number of allylic oxidation sites excluding steroid dienone is 12. The summed E-state index contributed by atoms with van der Waals surface area (Å²) in [6.07, 6.45) is 54.5. The Morgan fingerprint density at radius 3 is 1.29 bits per heavy atom. The van der Waals surface area contributed by atoms with E-state index in [0.29, 0.717) is 19.3 Å². The van der Waals surface area contributed by atoms with Crippen LogP contribution in [0.25, 0.3) is 0 Å². The van der Waals surface area contributed by atoms with Crippen molar-refractivity contribution in [2.75, 3.05) is 13.2 Å². The fourth-order valence-corrected chi connectivity index (χ4v) is 6.10. The molecule has 0 bridgehead atoms. The number of hydrogen-bond acceptors (Lipinski definition) is 6. The molecule has 0 fully saturated rings. The lowest BCUT2D eigenvalue weighted by Crippen LogP contribution is -2.30. The van der Waals surface area contributed by atoms with Crippen LogP contribution in [0.2, 0.25) is 0 Å². The first-order chi connectivity index (χ1) is 27.5. The summed E-state index contributed by atoms with van der Waals surface area (Å²) in [6.45, 7) is 6.33. The summed E-state index contributed by atoms with van der Waals surface area (Å²) in [5.41, 5.74) is 0. The number of esters is 3. The number of carbonyl (C=O) groups excluding carboxylic acids is 3. The Hall–Kier alpha value is -3.15. The largest absolute Gasteiger partial charge is 0.462 e. The van der Waals surface area contributed by atoms with Crippen molar-refractivity contribution in [2.24, 2.45) is 0 Å². The average Bonchev–Trinajstić information content (AvgIpc) is 3.19. The van der Waals surface area contributed by atoms with E-state index in [1.807, 2.05) is 0 Å². The van der Waals surface area contributed by atoms with Gasteiger partial charge < -0.3 is 14.2 Å². The van der Waals surface area contributed by atoms with Crippen molar-refractivity contribution in [1.29, 1.82) is 0 Å². The summed E-state index contributed by atoms with van der Waals surface area (Å²) in [7, 11) is 0. The van der Waals surface area contributed by atoms with E-state index >= 15 is 0 Å². The van der Waals surface area contributed by atoms with Crippen LogP contribution in [0.1, 0.15) is 207 Å². The SMILES string of the molecule is CC\C=C/C=C\C=C/CCCCCCCCCC(=O)OCC(COC(=O)CCCCCCCCCCC)OC(=O)CCCCCC/C=C\C/C=C\C/C=C\CC. The first kappa shape index (κ1) is 52.9. The first-order valence-corrected chi connectivity index (χ1v) is 23.0. The second-order valence-electron chi connectivity index (χ2n) is 15.0. The van der Waals surface area contributed by atoms with Crippen LogP contribution in [0.4, 0.5) is 0 Å². The summed E-state index contributed by atoms with van der Waals surface area (Å²) >= 11 is 0. The number of ether oxygens (including phenoxy) is 3. The molecule has 0 radical (unpaired) electrons. The predicted molar refractivity (Wildman–Crippen MR) is 238 cm³/mol. The molecule has 0 saturated heterocycles. The van der Waals surface area contributed by atoms with Crippen molar-refractivity contribution < 1.29 is 28.6 Å². The normalized spacial score (nSPS) is 12.7. The van der Waals surface area contributed by atoms with Gasteiger partial charge >= 0.3 is 17.9 Å². The molecule has 320 valence electrons. The minimum atomic E-state index is -0.788. The van der Waals surface area contributed by atoms with Gasteiger partial charge in [0.05, 0.1) is 0 Å². The lowest BCUT2D eigenvalue weighted by atomic mass is 10.1. The number of unbranched alkanes of at least 4 members (excludes halogenated alkanes) is 19. The van der Waals surface area contributed by atoms with Gasteiger partial charge in [-0.05, 0) is 70.6 Å². The van der Waals surface area contributed by atoms with Crippen molar-refractivity contribution in [3.8, 4) is 0 Å². The molecule has 0 heterocycles. The highest BCUT2D eigenvalue weighted by molar-refractivity contribution is 5.71. The van der Waals surface area contributed by atoms with Crippen molar-refractivity contribution in [3.05, 3.63) is 72.9 Å². The van der Waals surface area contributed by atoms with Crippen LogP contribution in [-0.2, 0) is 28.6 Å². The van der Waals surface area contributed by atoms with Gasteiger partial charge in [-0.1, -0.05) is 190 Å². The second kappa shape index (κ2) is 44.6. The molecule has 0 amide bonds. The third-order valence-electron chi connectivity index (χ3n) is 9.52. The van der Waals surface area contributed by atoms with Gasteiger partial charge in [0.1, 0.15) is 13.2 Å². The smallest absolute Gasteiger partial charge is 0.306 e. The zero-order valence-electron chi connectivity index (χ0n) is 36.4. The van der Waals surface area contributed by atoms with Crippen LogP contribution >= 0.6 is 0 Å². The van der Waals surface area contributed by atoms with Gasteiger partial charge in [-0.15, -0.1) is 0 Å². The lowest BCUT2D eigenvalue weighted by molar-refractivity contribution is -0.167. The summed E-state index contributed by atoms with van der Waals surface area (Å²) in [4.78, 5) is 37.7. The van der Waals surface area contributed by atoms with E-state index in [1.165, 1.54) is 64.2 Å². The minimum Gasteiger partial charge on any atom is -0.462 e. The molecule has 6 heteroatoms. The monoisotopic (exact) mass is 781 g/mol. The second-order valence-corrected chi connectivity index (χ2v) is 15.0. The van der Waals surface area contributed by atoms with E-state index in [1.54, 1.807) is 0 Å². The minimum absolute atomic E-state index is 0.0883. The highest BCUT2D eigenvalue weighted by atomic mass is 16.6. The zero-order chi connectivity index (χ0) is 40.8. The third-order valence-corrected chi connectivity index (χ3v) is 9.52. The van der Waals surface area contributed by atoms with Crippen molar-refractivity contribution in [3.63, 3.8) is 0 Å². The molecular weight excluding hydrogens is 697 g/mol. The number of carbonyl (C=O) groups is 3. The van der Waals surface area contributed by atoms with Gasteiger partial charge in [0.15, 0.2) is 6.10 Å². The van der Waals surface area contributed by atoms with Crippen LogP contribution < -0.4 is 0 Å². The Bertz CT molecular complexity index is 1080. The van der Waals surface area contributed by atoms with Gasteiger partial charge in [-0.25, -0.2) is 0 Å². The van der Waals surface area contributed by atoms with E-state index in [2.05, 4.69) is 93.7 Å². The average molecular weight is 781 g/mol. The maximum Gasteiger partial charge on any atom is 0.306 e. The van der Waals surface area contributed by atoms with Crippen LogP contribution in [0.5, 0.6) is 0 Å². The van der Waals surface area contributed by atoms with Gasteiger partial charge in [-0.3, -0.25) is 14.4 Å². The fourth-order valence-electron chi connectivity index (χ4n) is 6.10. The molecule has 0 saturated carbocycles. The summed E-state index contributed by atoms with van der Waals surface area (Å²) in [5, 5.41) is 0. The third kappa shape index (κ3) is 42.0. The molecule has 1 unspecified atom stereocenters. The van der Waals surface area contributed by atoms with E-state index in [0.717, 1.165) is 103 Å². The predicted octanol–water partition coefficient (Wildman–Crippen LogP) is 14.7. The molecular formula is C50H84O6. The molecule has 0 rings (SSSR count). The number of hydrogen-bond donors (Lipinski definition) is 0. The Balaban J connectivity index is 4.42. The zero-order valence-corrected chi connectivity index (χ0v) is 36.4. The molecule has 6 nitrogen and oxygen atoms in total. The van der Waals surface area contributed by atoms with Crippen molar-refractivity contribution >= 4 is 17.9 Å². The highest BCUT2D eigenvalue weighted by Gasteiger charge is 2.19. The molecule has 0 aromatic carbocycles. The molecule has 56 heavy (non-hydrogen) atoms. The van der Waals surface area contributed by atoms with Gasteiger partial charge in [0, 0.05) is 19.3 Å². The van der Waals surface area contributed by atoms with Crippen molar-refractivity contribution in [2.45, 2.75) is 213 Å². The van der Waals surface area contributed by atoms with Crippen LogP contribution in [-0.4, -0.2) is 37.2 Å².